The van der Waals surface area contributed by atoms with Gasteiger partial charge in [-0.1, -0.05) is 67.1 Å². The van der Waals surface area contributed by atoms with E-state index in [9.17, 15) is 4.79 Å². The predicted octanol–water partition coefficient (Wildman–Crippen LogP) is 4.24. The number of hydrogen-bond donors (Lipinski definition) is 0. The highest BCUT2D eigenvalue weighted by Gasteiger charge is 2.39. The molecule has 3 atom stereocenters. The lowest BCUT2D eigenvalue weighted by atomic mass is 10.0. The fraction of sp³-hybridized carbons (Fsp3) is 0.381. The summed E-state index contributed by atoms with van der Waals surface area (Å²) in [4.78, 5) is 11.4. The minimum Gasteiger partial charge on any atom is -0.463 e. The van der Waals surface area contributed by atoms with Gasteiger partial charge in [-0.2, -0.15) is 0 Å². The smallest absolute Gasteiger partial charge is 0.302 e. The third-order valence-corrected chi connectivity index (χ3v) is 7.90. The van der Waals surface area contributed by atoms with E-state index in [2.05, 4.69) is 67.6 Å². The van der Waals surface area contributed by atoms with Gasteiger partial charge >= 0.3 is 5.97 Å². The van der Waals surface area contributed by atoms with Gasteiger partial charge in [0.1, 0.15) is 6.10 Å². The molecule has 3 heteroatoms. The second kappa shape index (κ2) is 7.94. The summed E-state index contributed by atoms with van der Waals surface area (Å²) >= 11 is 0. The van der Waals surface area contributed by atoms with E-state index in [1.807, 2.05) is 0 Å². The number of benzene rings is 2. The molecule has 0 saturated heterocycles. The zero-order chi connectivity index (χ0) is 16.9. The highest BCUT2D eigenvalue weighted by atomic mass is 31.1. The molecule has 3 rings (SSSR count). The first-order valence-electron chi connectivity index (χ1n) is 8.73. The lowest BCUT2D eigenvalue weighted by molar-refractivity contribution is -0.147. The Hall–Kier alpha value is -1.66. The van der Waals surface area contributed by atoms with Crippen LogP contribution in [0, 0.1) is 5.92 Å². The maximum Gasteiger partial charge on any atom is 0.302 e. The molecule has 2 aromatic rings. The average molecular weight is 340 g/mol. The van der Waals surface area contributed by atoms with Crippen molar-refractivity contribution in [1.29, 1.82) is 0 Å². The summed E-state index contributed by atoms with van der Waals surface area (Å²) in [6.45, 7) is 3.57. The standard InChI is InChI=1S/C21H25O2P/c1-16(23-17(2)22)20-14-9-15-21(20)24(18-10-5-3-6-11-18)19-12-7-4-8-13-19/h3-8,10-13,16,20-21H,9,14-15H2,1-2H3/t16-,20+,21+/m0/s1. The molecule has 0 radical (unpaired) electrons. The van der Waals surface area contributed by atoms with Crippen LogP contribution in [0.15, 0.2) is 60.7 Å². The molecule has 0 aromatic heterocycles. The van der Waals surface area contributed by atoms with Crippen molar-refractivity contribution in [2.75, 3.05) is 0 Å². The average Bonchev–Trinajstić information content (AvgIpc) is 3.06. The van der Waals surface area contributed by atoms with E-state index in [0.717, 1.165) is 6.42 Å². The molecule has 1 aliphatic carbocycles. The first-order chi connectivity index (χ1) is 11.7. The van der Waals surface area contributed by atoms with Gasteiger partial charge in [-0.15, -0.1) is 0 Å². The van der Waals surface area contributed by atoms with Crippen LogP contribution in [0.1, 0.15) is 33.1 Å². The normalized spacial score (nSPS) is 21.6. The minimum absolute atomic E-state index is 0.00701. The molecule has 2 aromatic carbocycles. The fourth-order valence-electron chi connectivity index (χ4n) is 3.90. The molecule has 2 nitrogen and oxygen atoms in total. The molecule has 1 saturated carbocycles. The Morgan fingerprint density at radius 2 is 1.54 bits per heavy atom. The van der Waals surface area contributed by atoms with Crippen LogP contribution >= 0.6 is 7.92 Å². The number of carbonyl (C=O) groups excluding carboxylic acids is 1. The highest BCUT2D eigenvalue weighted by Crippen LogP contribution is 2.51. The summed E-state index contributed by atoms with van der Waals surface area (Å²) in [5.74, 6) is 0.275. The Kier molecular flexibility index (Phi) is 5.68. The molecule has 0 spiro atoms. The molecule has 0 N–H and O–H groups in total. The van der Waals surface area contributed by atoms with Crippen molar-refractivity contribution in [2.45, 2.75) is 44.9 Å². The van der Waals surface area contributed by atoms with Crippen LogP contribution in [-0.4, -0.2) is 17.7 Å². The Balaban J connectivity index is 1.94. The zero-order valence-electron chi connectivity index (χ0n) is 14.4. The molecule has 1 aliphatic rings. The molecule has 0 bridgehead atoms. The molecule has 0 aliphatic heterocycles. The van der Waals surface area contributed by atoms with Gasteiger partial charge < -0.3 is 4.74 Å². The quantitative estimate of drug-likeness (QED) is 0.601. The van der Waals surface area contributed by atoms with E-state index in [1.165, 1.54) is 30.4 Å². The zero-order valence-corrected chi connectivity index (χ0v) is 15.3. The summed E-state index contributed by atoms with van der Waals surface area (Å²) in [6.07, 6.45) is 3.58. The van der Waals surface area contributed by atoms with Crippen LogP contribution in [0.4, 0.5) is 0 Å². The summed E-state index contributed by atoms with van der Waals surface area (Å²) < 4.78 is 5.56. The van der Waals surface area contributed by atoms with E-state index in [1.54, 1.807) is 0 Å². The maximum atomic E-state index is 11.4. The second-order valence-corrected chi connectivity index (χ2v) is 8.95. The van der Waals surface area contributed by atoms with Crippen LogP contribution in [0.3, 0.4) is 0 Å². The number of ether oxygens (including phenoxy) is 1. The molecule has 1 fully saturated rings. The van der Waals surface area contributed by atoms with Crippen LogP contribution in [-0.2, 0) is 9.53 Å². The first kappa shape index (κ1) is 17.2. The molecule has 126 valence electrons. The van der Waals surface area contributed by atoms with Crippen molar-refractivity contribution in [3.8, 4) is 0 Å². The van der Waals surface area contributed by atoms with E-state index in [4.69, 9.17) is 4.74 Å². The van der Waals surface area contributed by atoms with Crippen LogP contribution in [0.2, 0.25) is 0 Å². The Labute approximate surface area is 146 Å². The highest BCUT2D eigenvalue weighted by molar-refractivity contribution is 7.73. The van der Waals surface area contributed by atoms with Gasteiger partial charge in [0.2, 0.25) is 0 Å². The van der Waals surface area contributed by atoms with Crippen LogP contribution in [0.25, 0.3) is 0 Å². The van der Waals surface area contributed by atoms with Gasteiger partial charge in [0, 0.05) is 12.8 Å². The molecular formula is C21H25O2P. The van der Waals surface area contributed by atoms with Gasteiger partial charge in [-0.25, -0.2) is 0 Å². The number of hydrogen-bond acceptors (Lipinski definition) is 2. The SMILES string of the molecule is CC(=O)O[C@@H](C)[C@H]1CCC[C@H]1P(c1ccccc1)c1ccccc1. The van der Waals surface area contributed by atoms with Crippen LogP contribution in [0.5, 0.6) is 0 Å². The lowest BCUT2D eigenvalue weighted by Crippen LogP contribution is -2.32. The van der Waals surface area contributed by atoms with Crippen molar-refractivity contribution >= 4 is 24.5 Å². The number of esters is 1. The van der Waals surface area contributed by atoms with Crippen molar-refractivity contribution in [3.63, 3.8) is 0 Å². The van der Waals surface area contributed by atoms with E-state index >= 15 is 0 Å². The number of carbonyl (C=O) groups is 1. The third kappa shape index (κ3) is 3.87. The number of rotatable bonds is 5. The monoisotopic (exact) mass is 340 g/mol. The predicted molar refractivity (Wildman–Crippen MR) is 101 cm³/mol. The minimum atomic E-state index is -0.440. The lowest BCUT2D eigenvalue weighted by Gasteiger charge is -2.33. The third-order valence-electron chi connectivity index (χ3n) is 4.89. The summed E-state index contributed by atoms with van der Waals surface area (Å²) in [6, 6.07) is 21.7. The largest absolute Gasteiger partial charge is 0.463 e. The molecule has 0 amide bonds. The Bertz CT molecular complexity index is 617. The van der Waals surface area contributed by atoms with Crippen molar-refractivity contribution in [2.24, 2.45) is 5.92 Å². The van der Waals surface area contributed by atoms with Crippen LogP contribution < -0.4 is 10.6 Å². The van der Waals surface area contributed by atoms with Crippen molar-refractivity contribution in [1.82, 2.24) is 0 Å². The molecular weight excluding hydrogens is 315 g/mol. The van der Waals surface area contributed by atoms with Gasteiger partial charge in [-0.05, 0) is 44.0 Å². The maximum absolute atomic E-state index is 11.4. The van der Waals surface area contributed by atoms with E-state index < -0.39 is 7.92 Å². The molecule has 0 unspecified atom stereocenters. The summed E-state index contributed by atoms with van der Waals surface area (Å²) in [7, 11) is -0.440. The first-order valence-corrected chi connectivity index (χ1v) is 10.1. The van der Waals surface area contributed by atoms with Gasteiger partial charge in [0.15, 0.2) is 0 Å². The second-order valence-electron chi connectivity index (χ2n) is 6.52. The summed E-state index contributed by atoms with van der Waals surface area (Å²) in [5, 5.41) is 2.84. The van der Waals surface area contributed by atoms with E-state index in [-0.39, 0.29) is 12.1 Å². The van der Waals surface area contributed by atoms with Crippen molar-refractivity contribution < 1.29 is 9.53 Å². The van der Waals surface area contributed by atoms with Gasteiger partial charge in [0.05, 0.1) is 0 Å². The topological polar surface area (TPSA) is 26.3 Å². The van der Waals surface area contributed by atoms with Gasteiger partial charge in [-0.3, -0.25) is 4.79 Å². The molecule has 0 heterocycles. The fourth-order valence-corrected chi connectivity index (χ4v) is 7.16. The van der Waals surface area contributed by atoms with Gasteiger partial charge in [0.25, 0.3) is 0 Å². The Morgan fingerprint density at radius 1 is 1.00 bits per heavy atom. The Morgan fingerprint density at radius 3 is 2.04 bits per heavy atom. The molecule has 24 heavy (non-hydrogen) atoms. The van der Waals surface area contributed by atoms with Crippen molar-refractivity contribution in [3.05, 3.63) is 60.7 Å². The summed E-state index contributed by atoms with van der Waals surface area (Å²) in [5.41, 5.74) is 0.569. The van der Waals surface area contributed by atoms with E-state index in [0.29, 0.717) is 11.6 Å².